The lowest BCUT2D eigenvalue weighted by atomic mass is 10.2. The number of sulfonamides is 1. The largest absolute Gasteiger partial charge is 0.478 e. The molecule has 0 bridgehead atoms. The summed E-state index contributed by atoms with van der Waals surface area (Å²) < 4.78 is 27.0. The Morgan fingerprint density at radius 2 is 2.10 bits per heavy atom. The second kappa shape index (κ2) is 6.17. The number of carboxylic acid groups (broad SMARTS) is 1. The number of hydrogen-bond acceptors (Lipinski definition) is 5. The lowest BCUT2D eigenvalue weighted by Gasteiger charge is -2.09. The highest BCUT2D eigenvalue weighted by Crippen LogP contribution is 2.20. The van der Waals surface area contributed by atoms with Crippen molar-refractivity contribution in [3.05, 3.63) is 36.4 Å². The highest BCUT2D eigenvalue weighted by Gasteiger charge is 2.17. The second-order valence-electron chi connectivity index (χ2n) is 3.57. The van der Waals surface area contributed by atoms with Gasteiger partial charge in [-0.1, -0.05) is 12.7 Å². The van der Waals surface area contributed by atoms with Gasteiger partial charge in [-0.2, -0.15) is 0 Å². The minimum Gasteiger partial charge on any atom is -0.478 e. The van der Waals surface area contributed by atoms with Gasteiger partial charge >= 0.3 is 12.1 Å². The standard InChI is InChI=1S/C11H12N2O6S/c1-2-5-19-11(16)13-9-6-7(20(12,17)18)3-4-8(9)10(14)15/h2-4,6H,1,5H2,(H,13,16)(H,14,15)(H2,12,17,18). The monoisotopic (exact) mass is 300 g/mol. The zero-order valence-corrected chi connectivity index (χ0v) is 11.0. The molecule has 0 aromatic heterocycles. The predicted octanol–water partition coefficient (Wildman–Crippen LogP) is 0.767. The van der Waals surface area contributed by atoms with Crippen LogP contribution in [0, 0.1) is 0 Å². The van der Waals surface area contributed by atoms with Gasteiger partial charge in [0, 0.05) is 0 Å². The van der Waals surface area contributed by atoms with Crippen molar-refractivity contribution in [3.8, 4) is 0 Å². The Hall–Kier alpha value is -2.39. The molecular formula is C11H12N2O6S. The summed E-state index contributed by atoms with van der Waals surface area (Å²) in [6, 6.07) is 2.98. The van der Waals surface area contributed by atoms with E-state index in [-0.39, 0.29) is 22.8 Å². The van der Waals surface area contributed by atoms with Gasteiger partial charge in [0.05, 0.1) is 16.1 Å². The van der Waals surface area contributed by atoms with Gasteiger partial charge in [0.25, 0.3) is 0 Å². The first-order valence-corrected chi connectivity index (χ1v) is 6.75. The van der Waals surface area contributed by atoms with Crippen molar-refractivity contribution >= 4 is 27.8 Å². The molecule has 8 nitrogen and oxygen atoms in total. The third-order valence-electron chi connectivity index (χ3n) is 2.12. The van der Waals surface area contributed by atoms with E-state index in [0.29, 0.717) is 0 Å². The Kier molecular flexibility index (Phi) is 4.83. The van der Waals surface area contributed by atoms with Crippen LogP contribution in [0.1, 0.15) is 10.4 Å². The number of primary sulfonamides is 1. The molecule has 0 aliphatic carbocycles. The normalized spacial score (nSPS) is 10.7. The van der Waals surface area contributed by atoms with Crippen LogP contribution in [0.5, 0.6) is 0 Å². The summed E-state index contributed by atoms with van der Waals surface area (Å²) in [6.07, 6.45) is 0.373. The SMILES string of the molecule is C=CCOC(=O)Nc1cc(S(N)(=O)=O)ccc1C(=O)O. The molecule has 0 atom stereocenters. The number of hydrogen-bond donors (Lipinski definition) is 3. The summed E-state index contributed by atoms with van der Waals surface area (Å²) in [5.74, 6) is -1.34. The Balaban J connectivity index is 3.16. The predicted molar refractivity (Wildman–Crippen MR) is 69.9 cm³/mol. The quantitative estimate of drug-likeness (QED) is 0.687. The molecule has 1 amide bonds. The van der Waals surface area contributed by atoms with Crippen molar-refractivity contribution in [2.75, 3.05) is 11.9 Å². The van der Waals surface area contributed by atoms with Gasteiger partial charge in [-0.3, -0.25) is 5.32 Å². The molecule has 4 N–H and O–H groups in total. The van der Waals surface area contributed by atoms with Gasteiger partial charge < -0.3 is 9.84 Å². The van der Waals surface area contributed by atoms with Crippen LogP contribution in [-0.2, 0) is 14.8 Å². The number of nitrogens with two attached hydrogens (primary N) is 1. The lowest BCUT2D eigenvalue weighted by molar-refractivity contribution is 0.0698. The van der Waals surface area contributed by atoms with Crippen LogP contribution in [0.4, 0.5) is 10.5 Å². The molecule has 0 spiro atoms. The Bertz CT molecular complexity index is 653. The minimum atomic E-state index is -4.02. The fourth-order valence-corrected chi connectivity index (χ4v) is 1.81. The van der Waals surface area contributed by atoms with Gasteiger partial charge in [-0.05, 0) is 18.2 Å². The number of aromatic carboxylic acids is 1. The average Bonchev–Trinajstić information content (AvgIpc) is 2.34. The molecular weight excluding hydrogens is 288 g/mol. The van der Waals surface area contributed by atoms with Crippen LogP contribution in [0.2, 0.25) is 0 Å². The number of carbonyl (C=O) groups is 2. The fourth-order valence-electron chi connectivity index (χ4n) is 1.27. The van der Waals surface area contributed by atoms with E-state index < -0.39 is 22.1 Å². The minimum absolute atomic E-state index is 0.0802. The Morgan fingerprint density at radius 1 is 1.45 bits per heavy atom. The number of benzene rings is 1. The number of nitrogens with one attached hydrogen (secondary N) is 1. The number of ether oxygens (including phenoxy) is 1. The fraction of sp³-hybridized carbons (Fsp3) is 0.0909. The topological polar surface area (TPSA) is 136 Å². The van der Waals surface area contributed by atoms with Crippen molar-refractivity contribution in [2.24, 2.45) is 5.14 Å². The van der Waals surface area contributed by atoms with Crippen molar-refractivity contribution < 1.29 is 27.9 Å². The molecule has 0 saturated carbocycles. The summed E-state index contributed by atoms with van der Waals surface area (Å²) in [5, 5.41) is 16.0. The molecule has 1 rings (SSSR count). The summed E-state index contributed by atoms with van der Waals surface area (Å²) >= 11 is 0. The van der Waals surface area contributed by atoms with Crippen LogP contribution in [0.15, 0.2) is 35.7 Å². The number of carbonyl (C=O) groups excluding carboxylic acids is 1. The van der Waals surface area contributed by atoms with E-state index in [2.05, 4.69) is 16.6 Å². The van der Waals surface area contributed by atoms with E-state index >= 15 is 0 Å². The maximum absolute atomic E-state index is 11.4. The number of anilines is 1. The van der Waals surface area contributed by atoms with Gasteiger partial charge in [0.15, 0.2) is 0 Å². The third-order valence-corrected chi connectivity index (χ3v) is 3.03. The second-order valence-corrected chi connectivity index (χ2v) is 5.13. The summed E-state index contributed by atoms with van der Waals surface area (Å²) in [6.45, 7) is 3.26. The molecule has 0 fully saturated rings. The Labute approximate surface area is 114 Å². The molecule has 0 aliphatic rings. The summed E-state index contributed by atoms with van der Waals surface area (Å²) in [5.41, 5.74) is -0.536. The first-order valence-electron chi connectivity index (χ1n) is 5.20. The van der Waals surface area contributed by atoms with Crippen LogP contribution in [-0.4, -0.2) is 32.2 Å². The number of carboxylic acids is 1. The third kappa shape index (κ3) is 4.07. The molecule has 0 radical (unpaired) electrons. The van der Waals surface area contributed by atoms with Crippen LogP contribution in [0.3, 0.4) is 0 Å². The highest BCUT2D eigenvalue weighted by atomic mass is 32.2. The molecule has 0 heterocycles. The van der Waals surface area contributed by atoms with Crippen molar-refractivity contribution in [2.45, 2.75) is 4.90 Å². The van der Waals surface area contributed by atoms with E-state index in [1.807, 2.05) is 0 Å². The summed E-state index contributed by atoms with van der Waals surface area (Å²) in [4.78, 5) is 22.0. The molecule has 108 valence electrons. The highest BCUT2D eigenvalue weighted by molar-refractivity contribution is 7.89. The van der Waals surface area contributed by atoms with Crippen LogP contribution >= 0.6 is 0 Å². The maximum Gasteiger partial charge on any atom is 0.411 e. The molecule has 9 heteroatoms. The van der Waals surface area contributed by atoms with Crippen LogP contribution in [0.25, 0.3) is 0 Å². The van der Waals surface area contributed by atoms with E-state index in [1.54, 1.807) is 0 Å². The molecule has 0 saturated heterocycles. The molecule has 1 aromatic rings. The average molecular weight is 300 g/mol. The first-order chi connectivity index (χ1) is 9.25. The van der Waals surface area contributed by atoms with Crippen LogP contribution < -0.4 is 10.5 Å². The van der Waals surface area contributed by atoms with Gasteiger partial charge in [-0.25, -0.2) is 23.1 Å². The smallest absolute Gasteiger partial charge is 0.411 e. The van der Waals surface area contributed by atoms with Crippen molar-refractivity contribution in [1.82, 2.24) is 0 Å². The zero-order chi connectivity index (χ0) is 15.3. The van der Waals surface area contributed by atoms with Gasteiger partial charge in [0.1, 0.15) is 6.61 Å². The van der Waals surface area contributed by atoms with E-state index in [9.17, 15) is 18.0 Å². The van der Waals surface area contributed by atoms with E-state index in [0.717, 1.165) is 18.2 Å². The van der Waals surface area contributed by atoms with Crippen molar-refractivity contribution in [3.63, 3.8) is 0 Å². The van der Waals surface area contributed by atoms with E-state index in [4.69, 9.17) is 10.2 Å². The maximum atomic E-state index is 11.4. The molecule has 0 aliphatic heterocycles. The Morgan fingerprint density at radius 3 is 2.60 bits per heavy atom. The molecule has 0 unspecified atom stereocenters. The number of rotatable bonds is 5. The number of amides is 1. The first kappa shape index (κ1) is 15.7. The van der Waals surface area contributed by atoms with Gasteiger partial charge in [-0.15, -0.1) is 0 Å². The molecule has 20 heavy (non-hydrogen) atoms. The van der Waals surface area contributed by atoms with E-state index in [1.165, 1.54) is 6.08 Å². The lowest BCUT2D eigenvalue weighted by Crippen LogP contribution is -2.18. The van der Waals surface area contributed by atoms with Gasteiger partial charge in [0.2, 0.25) is 10.0 Å². The summed E-state index contributed by atoms with van der Waals surface area (Å²) in [7, 11) is -4.02. The molecule has 1 aromatic carbocycles. The zero-order valence-electron chi connectivity index (χ0n) is 10.2. The van der Waals surface area contributed by atoms with Crippen molar-refractivity contribution in [1.29, 1.82) is 0 Å².